The van der Waals surface area contributed by atoms with Crippen LogP contribution in [0.4, 0.5) is 5.69 Å². The van der Waals surface area contributed by atoms with Gasteiger partial charge in [-0.3, -0.25) is 9.59 Å². The maximum atomic E-state index is 12.6. The zero-order valence-electron chi connectivity index (χ0n) is 16.6. The van der Waals surface area contributed by atoms with Crippen LogP contribution in [-0.2, 0) is 9.53 Å². The fourth-order valence-electron chi connectivity index (χ4n) is 2.80. The number of rotatable bonds is 5. The lowest BCUT2D eigenvalue weighted by Crippen LogP contribution is -2.24. The second-order valence-corrected chi connectivity index (χ2v) is 6.77. The van der Waals surface area contributed by atoms with Gasteiger partial charge in [0.25, 0.3) is 0 Å². The van der Waals surface area contributed by atoms with Crippen molar-refractivity contribution in [1.29, 1.82) is 0 Å². The second-order valence-electron chi connectivity index (χ2n) is 6.77. The van der Waals surface area contributed by atoms with Crippen LogP contribution >= 0.6 is 0 Å². The number of nitrogens with zero attached hydrogens (tertiary/aromatic N) is 2. The molecule has 148 valence electrons. The first-order valence-electron chi connectivity index (χ1n) is 9.12. The normalized spacial score (nSPS) is 11.7. The van der Waals surface area contributed by atoms with Gasteiger partial charge in [-0.15, -0.1) is 0 Å². The number of aromatic nitrogens is 2. The van der Waals surface area contributed by atoms with Crippen molar-refractivity contribution in [2.24, 2.45) is 0 Å². The Balaban J connectivity index is 1.72. The van der Waals surface area contributed by atoms with Gasteiger partial charge in [-0.05, 0) is 63.2 Å². The molecule has 3 rings (SSSR count). The van der Waals surface area contributed by atoms with Gasteiger partial charge in [0.1, 0.15) is 0 Å². The maximum absolute atomic E-state index is 12.6. The lowest BCUT2D eigenvalue weighted by Gasteiger charge is -2.13. The molecular weight excluding hydrogens is 370 g/mol. The van der Waals surface area contributed by atoms with E-state index < -0.39 is 12.1 Å². The van der Waals surface area contributed by atoms with Crippen molar-refractivity contribution in [1.82, 2.24) is 9.97 Å². The van der Waals surface area contributed by atoms with E-state index in [4.69, 9.17) is 4.74 Å². The molecule has 0 unspecified atom stereocenters. The van der Waals surface area contributed by atoms with Crippen molar-refractivity contribution >= 4 is 34.4 Å². The molecule has 0 bridgehead atoms. The third-order valence-electron chi connectivity index (χ3n) is 4.45. The molecule has 0 spiro atoms. The number of carbonyl (C=O) groups excluding carboxylic acids is 3. The van der Waals surface area contributed by atoms with Gasteiger partial charge < -0.3 is 10.1 Å². The van der Waals surface area contributed by atoms with Gasteiger partial charge in [0.2, 0.25) is 11.7 Å². The molecule has 0 radical (unpaired) electrons. The van der Waals surface area contributed by atoms with Crippen LogP contribution in [0.3, 0.4) is 0 Å². The van der Waals surface area contributed by atoms with Gasteiger partial charge >= 0.3 is 5.97 Å². The lowest BCUT2D eigenvalue weighted by molar-refractivity contribution is -0.114. The highest BCUT2D eigenvalue weighted by atomic mass is 16.5. The number of benzene rings is 2. The van der Waals surface area contributed by atoms with E-state index in [0.29, 0.717) is 27.8 Å². The van der Waals surface area contributed by atoms with Crippen LogP contribution in [0.15, 0.2) is 42.5 Å². The van der Waals surface area contributed by atoms with Crippen molar-refractivity contribution < 1.29 is 19.1 Å². The molecule has 1 heterocycles. The van der Waals surface area contributed by atoms with Crippen molar-refractivity contribution in [3.8, 4) is 0 Å². The van der Waals surface area contributed by atoms with Crippen LogP contribution in [0.25, 0.3) is 11.0 Å². The fourth-order valence-corrected chi connectivity index (χ4v) is 2.80. The molecule has 0 aliphatic carbocycles. The Morgan fingerprint density at radius 1 is 0.897 bits per heavy atom. The maximum Gasteiger partial charge on any atom is 0.338 e. The van der Waals surface area contributed by atoms with Gasteiger partial charge in [-0.2, -0.15) is 0 Å². The molecule has 7 heteroatoms. The molecule has 0 saturated heterocycles. The fraction of sp³-hybridized carbons (Fsp3) is 0.227. The Hall–Kier alpha value is -3.61. The molecule has 1 atom stereocenters. The third kappa shape index (κ3) is 4.63. The summed E-state index contributed by atoms with van der Waals surface area (Å²) in [4.78, 5) is 45.0. The molecule has 29 heavy (non-hydrogen) atoms. The first-order chi connectivity index (χ1) is 13.7. The van der Waals surface area contributed by atoms with E-state index in [1.165, 1.54) is 13.8 Å². The molecule has 0 saturated carbocycles. The molecular formula is C22H21N3O4. The highest BCUT2D eigenvalue weighted by molar-refractivity contribution is 6.02. The number of ether oxygens (including phenoxy) is 1. The van der Waals surface area contributed by atoms with E-state index in [1.54, 1.807) is 42.5 Å². The summed E-state index contributed by atoms with van der Waals surface area (Å²) in [6.45, 7) is 6.66. The number of Topliss-reactive ketones (excluding diaryl/α,β-unsaturated/α-hetero) is 1. The Bertz CT molecular complexity index is 1110. The highest BCUT2D eigenvalue weighted by Gasteiger charge is 2.21. The van der Waals surface area contributed by atoms with Crippen molar-refractivity contribution in [3.63, 3.8) is 0 Å². The number of hydrogen-bond acceptors (Lipinski definition) is 6. The van der Waals surface area contributed by atoms with Crippen molar-refractivity contribution in [2.45, 2.75) is 33.8 Å². The van der Waals surface area contributed by atoms with Crippen LogP contribution in [0.1, 0.15) is 46.0 Å². The SMILES string of the molecule is CC(=O)Nc1ccc(C(=O)[C@H](C)OC(=O)c2ccc3nc(C)c(C)nc3c2)cc1. The Morgan fingerprint density at radius 2 is 1.48 bits per heavy atom. The van der Waals surface area contributed by atoms with Crippen LogP contribution in [0.2, 0.25) is 0 Å². The topological polar surface area (TPSA) is 98.2 Å². The molecule has 0 aliphatic heterocycles. The average Bonchev–Trinajstić information content (AvgIpc) is 2.68. The Morgan fingerprint density at radius 3 is 2.10 bits per heavy atom. The summed E-state index contributed by atoms with van der Waals surface area (Å²) in [5.41, 5.74) is 4.17. The quantitative estimate of drug-likeness (QED) is 0.527. The summed E-state index contributed by atoms with van der Waals surface area (Å²) in [5, 5.41) is 2.63. The van der Waals surface area contributed by atoms with Crippen molar-refractivity contribution in [2.75, 3.05) is 5.32 Å². The molecule has 1 aromatic heterocycles. The molecule has 0 fully saturated rings. The minimum Gasteiger partial charge on any atom is -0.451 e. The molecule has 7 nitrogen and oxygen atoms in total. The summed E-state index contributed by atoms with van der Waals surface area (Å²) in [5.74, 6) is -1.14. The zero-order chi connectivity index (χ0) is 21.1. The summed E-state index contributed by atoms with van der Waals surface area (Å²) in [7, 11) is 0. The van der Waals surface area contributed by atoms with E-state index in [-0.39, 0.29) is 11.7 Å². The first kappa shape index (κ1) is 20.1. The number of hydrogen-bond donors (Lipinski definition) is 1. The first-order valence-corrected chi connectivity index (χ1v) is 9.12. The van der Waals surface area contributed by atoms with Gasteiger partial charge in [0.05, 0.1) is 28.0 Å². The predicted molar refractivity (Wildman–Crippen MR) is 109 cm³/mol. The van der Waals surface area contributed by atoms with E-state index in [1.807, 2.05) is 13.8 Å². The van der Waals surface area contributed by atoms with E-state index >= 15 is 0 Å². The zero-order valence-corrected chi connectivity index (χ0v) is 16.6. The summed E-state index contributed by atoms with van der Waals surface area (Å²) in [6, 6.07) is 11.3. The number of carbonyl (C=O) groups is 3. The summed E-state index contributed by atoms with van der Waals surface area (Å²) >= 11 is 0. The third-order valence-corrected chi connectivity index (χ3v) is 4.45. The Labute approximate surface area is 168 Å². The lowest BCUT2D eigenvalue weighted by atomic mass is 10.1. The standard InChI is InChI=1S/C22H21N3O4/c1-12-13(2)24-20-11-17(7-10-19(20)23-12)22(28)29-14(3)21(27)16-5-8-18(9-6-16)25-15(4)26/h5-11,14H,1-4H3,(H,25,26)/t14-/m0/s1. The van der Waals surface area contributed by atoms with Gasteiger partial charge in [-0.25, -0.2) is 14.8 Å². The van der Waals surface area contributed by atoms with Gasteiger partial charge in [-0.1, -0.05) is 0 Å². The second kappa shape index (κ2) is 8.18. The molecule has 1 amide bonds. The van der Waals surface area contributed by atoms with Gasteiger partial charge in [0.15, 0.2) is 6.10 Å². The highest BCUT2D eigenvalue weighted by Crippen LogP contribution is 2.17. The number of anilines is 1. The smallest absolute Gasteiger partial charge is 0.338 e. The summed E-state index contributed by atoms with van der Waals surface area (Å²) < 4.78 is 5.34. The number of nitrogens with one attached hydrogen (secondary N) is 1. The van der Waals surface area contributed by atoms with Gasteiger partial charge in [0, 0.05) is 18.2 Å². The van der Waals surface area contributed by atoms with Crippen LogP contribution < -0.4 is 5.32 Å². The van der Waals surface area contributed by atoms with Crippen LogP contribution in [0, 0.1) is 13.8 Å². The number of esters is 1. The van der Waals surface area contributed by atoms with Crippen LogP contribution in [-0.4, -0.2) is 33.7 Å². The molecule has 0 aliphatic rings. The monoisotopic (exact) mass is 391 g/mol. The van der Waals surface area contributed by atoms with E-state index in [0.717, 1.165) is 11.4 Å². The molecule has 1 N–H and O–H groups in total. The number of aryl methyl sites for hydroxylation is 2. The van der Waals surface area contributed by atoms with Crippen LogP contribution in [0.5, 0.6) is 0 Å². The Kier molecular flexibility index (Phi) is 5.68. The number of ketones is 1. The summed E-state index contributed by atoms with van der Waals surface area (Å²) in [6.07, 6.45) is -0.962. The number of fused-ring (bicyclic) bond motifs is 1. The predicted octanol–water partition coefficient (Wildman–Crippen LogP) is 3.63. The average molecular weight is 391 g/mol. The minimum atomic E-state index is -0.962. The van der Waals surface area contributed by atoms with Crippen molar-refractivity contribution in [3.05, 3.63) is 65.0 Å². The minimum absolute atomic E-state index is 0.197. The van der Waals surface area contributed by atoms with E-state index in [9.17, 15) is 14.4 Å². The van der Waals surface area contributed by atoms with E-state index in [2.05, 4.69) is 15.3 Å². The number of amides is 1. The molecule has 2 aromatic carbocycles. The largest absolute Gasteiger partial charge is 0.451 e. The molecule has 3 aromatic rings.